The predicted molar refractivity (Wildman–Crippen MR) is 81.3 cm³/mol. The molecule has 0 aromatic heterocycles. The largest absolute Gasteiger partial charge is 0.326 e. The van der Waals surface area contributed by atoms with Crippen LogP contribution in [0.25, 0.3) is 0 Å². The molecule has 0 spiro atoms. The van der Waals surface area contributed by atoms with E-state index in [-0.39, 0.29) is 18.0 Å². The molecule has 0 heterocycles. The average Bonchev–Trinajstić information content (AvgIpc) is 2.42. The van der Waals surface area contributed by atoms with E-state index in [2.05, 4.69) is 5.32 Å². The molecule has 0 atom stereocenters. The Balaban J connectivity index is 2.02. The summed E-state index contributed by atoms with van der Waals surface area (Å²) >= 11 is 0. The van der Waals surface area contributed by atoms with Gasteiger partial charge < -0.3 is 5.32 Å². The molecule has 2 aromatic rings. The van der Waals surface area contributed by atoms with Crippen LogP contribution in [0.4, 0.5) is 11.4 Å². The minimum Gasteiger partial charge on any atom is -0.326 e. The van der Waals surface area contributed by atoms with Gasteiger partial charge in [0.1, 0.15) is 0 Å². The quantitative estimate of drug-likeness (QED) is 0.691. The van der Waals surface area contributed by atoms with Crippen molar-refractivity contribution in [3.05, 3.63) is 69.3 Å². The van der Waals surface area contributed by atoms with Gasteiger partial charge >= 0.3 is 0 Å². The molecule has 2 rings (SSSR count). The van der Waals surface area contributed by atoms with Crippen molar-refractivity contribution in [2.45, 2.75) is 20.3 Å². The van der Waals surface area contributed by atoms with Crippen LogP contribution in [-0.4, -0.2) is 10.8 Å². The van der Waals surface area contributed by atoms with Gasteiger partial charge in [0.25, 0.3) is 5.69 Å². The lowest BCUT2D eigenvalue weighted by Gasteiger charge is -2.09. The molecule has 5 heteroatoms. The first-order chi connectivity index (χ1) is 9.95. The molecule has 0 bridgehead atoms. The van der Waals surface area contributed by atoms with E-state index in [0.717, 1.165) is 22.4 Å². The summed E-state index contributed by atoms with van der Waals surface area (Å²) in [5, 5.41) is 13.4. The number of hydrogen-bond donors (Lipinski definition) is 1. The van der Waals surface area contributed by atoms with Crippen molar-refractivity contribution in [1.82, 2.24) is 0 Å². The molecule has 108 valence electrons. The standard InChI is InChI=1S/C16H16N2O3/c1-11-3-8-15(12(2)9-11)17-16(19)10-13-4-6-14(7-5-13)18(20)21/h3-9H,10H2,1-2H3,(H,17,19). The zero-order valence-corrected chi connectivity index (χ0v) is 11.9. The minimum absolute atomic E-state index is 0.0218. The van der Waals surface area contributed by atoms with Crippen LogP contribution in [0.1, 0.15) is 16.7 Å². The van der Waals surface area contributed by atoms with Gasteiger partial charge in [0.2, 0.25) is 5.91 Å². The van der Waals surface area contributed by atoms with E-state index in [1.54, 1.807) is 12.1 Å². The monoisotopic (exact) mass is 284 g/mol. The molecule has 0 radical (unpaired) electrons. The highest BCUT2D eigenvalue weighted by Crippen LogP contribution is 2.17. The summed E-state index contributed by atoms with van der Waals surface area (Å²) in [5.74, 6) is -0.143. The minimum atomic E-state index is -0.459. The Hall–Kier alpha value is -2.69. The predicted octanol–water partition coefficient (Wildman–Crippen LogP) is 3.39. The molecule has 0 aliphatic heterocycles. The molecule has 0 saturated heterocycles. The van der Waals surface area contributed by atoms with Gasteiger partial charge in [-0.05, 0) is 31.0 Å². The second-order valence-corrected chi connectivity index (χ2v) is 4.97. The van der Waals surface area contributed by atoms with Crippen molar-refractivity contribution in [2.75, 3.05) is 5.32 Å². The first-order valence-electron chi connectivity index (χ1n) is 6.56. The number of amides is 1. The molecule has 0 fully saturated rings. The van der Waals surface area contributed by atoms with Gasteiger partial charge in [0.05, 0.1) is 11.3 Å². The first kappa shape index (κ1) is 14.7. The van der Waals surface area contributed by atoms with Crippen molar-refractivity contribution < 1.29 is 9.72 Å². The maximum atomic E-state index is 12.0. The summed E-state index contributed by atoms with van der Waals surface area (Å²) in [7, 11) is 0. The Morgan fingerprint density at radius 2 is 1.81 bits per heavy atom. The molecule has 0 aliphatic carbocycles. The Morgan fingerprint density at radius 3 is 2.38 bits per heavy atom. The molecule has 0 saturated carbocycles. The highest BCUT2D eigenvalue weighted by atomic mass is 16.6. The van der Waals surface area contributed by atoms with E-state index in [1.807, 2.05) is 32.0 Å². The summed E-state index contributed by atoms with van der Waals surface area (Å²) in [4.78, 5) is 22.1. The fourth-order valence-corrected chi connectivity index (χ4v) is 2.07. The zero-order chi connectivity index (χ0) is 15.4. The van der Waals surface area contributed by atoms with E-state index < -0.39 is 4.92 Å². The maximum Gasteiger partial charge on any atom is 0.269 e. The number of nitrogens with zero attached hydrogens (tertiary/aromatic N) is 1. The van der Waals surface area contributed by atoms with E-state index in [4.69, 9.17) is 0 Å². The molecule has 0 unspecified atom stereocenters. The lowest BCUT2D eigenvalue weighted by molar-refractivity contribution is -0.384. The number of nitro benzene ring substituents is 1. The second kappa shape index (κ2) is 6.17. The number of nitro groups is 1. The highest BCUT2D eigenvalue weighted by molar-refractivity contribution is 5.93. The number of rotatable bonds is 4. The van der Waals surface area contributed by atoms with Crippen molar-refractivity contribution in [2.24, 2.45) is 0 Å². The highest BCUT2D eigenvalue weighted by Gasteiger charge is 2.08. The van der Waals surface area contributed by atoms with Crippen LogP contribution in [0.5, 0.6) is 0 Å². The van der Waals surface area contributed by atoms with Crippen LogP contribution < -0.4 is 5.32 Å². The van der Waals surface area contributed by atoms with Gasteiger partial charge in [-0.1, -0.05) is 29.8 Å². The van der Waals surface area contributed by atoms with Gasteiger partial charge in [-0.25, -0.2) is 0 Å². The fourth-order valence-electron chi connectivity index (χ4n) is 2.07. The van der Waals surface area contributed by atoms with Crippen LogP contribution in [0.3, 0.4) is 0 Å². The summed E-state index contributed by atoms with van der Waals surface area (Å²) in [6.07, 6.45) is 0.186. The third-order valence-corrected chi connectivity index (χ3v) is 3.17. The normalized spacial score (nSPS) is 10.2. The molecule has 5 nitrogen and oxygen atoms in total. The number of non-ortho nitro benzene ring substituents is 1. The Morgan fingerprint density at radius 1 is 1.14 bits per heavy atom. The molecule has 0 aliphatic rings. The van der Waals surface area contributed by atoms with Gasteiger partial charge in [-0.2, -0.15) is 0 Å². The van der Waals surface area contributed by atoms with Crippen molar-refractivity contribution >= 4 is 17.3 Å². The van der Waals surface area contributed by atoms with Gasteiger partial charge in [-0.3, -0.25) is 14.9 Å². The van der Waals surface area contributed by atoms with Crippen molar-refractivity contribution in [1.29, 1.82) is 0 Å². The Kier molecular flexibility index (Phi) is 4.33. The third kappa shape index (κ3) is 3.89. The van der Waals surface area contributed by atoms with Crippen LogP contribution in [0.2, 0.25) is 0 Å². The Bertz CT molecular complexity index is 678. The first-order valence-corrected chi connectivity index (χ1v) is 6.56. The fraction of sp³-hybridized carbons (Fsp3) is 0.188. The third-order valence-electron chi connectivity index (χ3n) is 3.17. The van der Waals surface area contributed by atoms with Crippen LogP contribution in [0, 0.1) is 24.0 Å². The number of hydrogen-bond acceptors (Lipinski definition) is 3. The molecule has 2 aromatic carbocycles. The molecule has 21 heavy (non-hydrogen) atoms. The summed E-state index contributed by atoms with van der Waals surface area (Å²) in [5.41, 5.74) is 3.69. The SMILES string of the molecule is Cc1ccc(NC(=O)Cc2ccc([N+](=O)[O-])cc2)c(C)c1. The number of carbonyl (C=O) groups excluding carboxylic acids is 1. The number of nitrogens with one attached hydrogen (secondary N) is 1. The smallest absolute Gasteiger partial charge is 0.269 e. The van der Waals surface area contributed by atoms with E-state index in [1.165, 1.54) is 12.1 Å². The van der Waals surface area contributed by atoms with Crippen LogP contribution >= 0.6 is 0 Å². The zero-order valence-electron chi connectivity index (χ0n) is 11.9. The molecular formula is C16H16N2O3. The van der Waals surface area contributed by atoms with Gasteiger partial charge in [0, 0.05) is 17.8 Å². The van der Waals surface area contributed by atoms with Crippen LogP contribution in [-0.2, 0) is 11.2 Å². The lowest BCUT2D eigenvalue weighted by atomic mass is 10.1. The van der Waals surface area contributed by atoms with E-state index in [9.17, 15) is 14.9 Å². The van der Waals surface area contributed by atoms with Crippen molar-refractivity contribution in [3.63, 3.8) is 0 Å². The number of anilines is 1. The number of benzene rings is 2. The molecule has 1 N–H and O–H groups in total. The average molecular weight is 284 g/mol. The van der Waals surface area contributed by atoms with E-state index >= 15 is 0 Å². The summed E-state index contributed by atoms with van der Waals surface area (Å²) < 4.78 is 0. The maximum absolute atomic E-state index is 12.0. The van der Waals surface area contributed by atoms with E-state index in [0.29, 0.717) is 0 Å². The second-order valence-electron chi connectivity index (χ2n) is 4.97. The Labute approximate surface area is 122 Å². The summed E-state index contributed by atoms with van der Waals surface area (Å²) in [6, 6.07) is 11.8. The van der Waals surface area contributed by atoms with Gasteiger partial charge in [0.15, 0.2) is 0 Å². The molecule has 1 amide bonds. The van der Waals surface area contributed by atoms with Crippen molar-refractivity contribution in [3.8, 4) is 0 Å². The van der Waals surface area contributed by atoms with Crippen LogP contribution in [0.15, 0.2) is 42.5 Å². The number of carbonyl (C=O) groups is 1. The van der Waals surface area contributed by atoms with Gasteiger partial charge in [-0.15, -0.1) is 0 Å². The summed E-state index contributed by atoms with van der Waals surface area (Å²) in [6.45, 7) is 3.93. The molecular weight excluding hydrogens is 268 g/mol. The lowest BCUT2D eigenvalue weighted by Crippen LogP contribution is -2.15. The topological polar surface area (TPSA) is 72.2 Å². The number of aryl methyl sites for hydroxylation is 2.